The van der Waals surface area contributed by atoms with Crippen LogP contribution in [0.3, 0.4) is 0 Å². The first kappa shape index (κ1) is 11.4. The Kier molecular flexibility index (Phi) is 3.34. The highest BCUT2D eigenvalue weighted by Gasteiger charge is 2.42. The minimum absolute atomic E-state index is 0.415. The summed E-state index contributed by atoms with van der Waals surface area (Å²) < 4.78 is 2.83. The number of hydrogen-bond donors (Lipinski definition) is 0. The molecule has 0 spiro atoms. The molecular weight excluding hydrogens is 178 g/mol. The Morgan fingerprint density at radius 3 is 2.46 bits per heavy atom. The molecule has 1 rings (SSSR count). The smallest absolute Gasteiger partial charge is 0.0327 e. The zero-order valence-corrected chi connectivity index (χ0v) is 10.5. The summed E-state index contributed by atoms with van der Waals surface area (Å²) in [6.45, 7) is 10.8. The first-order valence-corrected chi connectivity index (χ1v) is 6.09. The van der Waals surface area contributed by atoms with Gasteiger partial charge in [-0.25, -0.2) is 0 Å². The Morgan fingerprint density at radius 1 is 1.31 bits per heavy atom. The summed E-state index contributed by atoms with van der Waals surface area (Å²) in [5, 5.41) is 0. The minimum atomic E-state index is 0.415. The van der Waals surface area contributed by atoms with Crippen molar-refractivity contribution >= 4 is 11.9 Å². The topological polar surface area (TPSA) is 3.24 Å². The lowest BCUT2D eigenvalue weighted by Crippen LogP contribution is -2.38. The maximum atomic E-state index is 2.42. The Balaban J connectivity index is 2.84. The van der Waals surface area contributed by atoms with Gasteiger partial charge in [0, 0.05) is 11.3 Å². The van der Waals surface area contributed by atoms with E-state index in [9.17, 15) is 0 Å². The number of nitrogens with zero attached hydrogens (tertiary/aromatic N) is 1. The van der Waals surface area contributed by atoms with Gasteiger partial charge in [0.15, 0.2) is 0 Å². The second-order valence-corrected chi connectivity index (χ2v) is 6.72. The number of rotatable bonds is 1. The van der Waals surface area contributed by atoms with Crippen molar-refractivity contribution in [1.82, 2.24) is 4.31 Å². The van der Waals surface area contributed by atoms with Crippen LogP contribution in [0.2, 0.25) is 0 Å². The Bertz CT molecular complexity index is 179. The van der Waals surface area contributed by atoms with E-state index in [1.165, 1.54) is 25.8 Å². The van der Waals surface area contributed by atoms with Gasteiger partial charge in [-0.05, 0) is 38.6 Å². The fraction of sp³-hybridized carbons (Fsp3) is 1.00. The van der Waals surface area contributed by atoms with E-state index in [1.807, 2.05) is 11.9 Å². The van der Waals surface area contributed by atoms with E-state index >= 15 is 0 Å². The largest absolute Gasteiger partial charge is 0.253 e. The Hall–Kier alpha value is 0.310. The molecule has 1 saturated heterocycles. The molecule has 1 fully saturated rings. The summed E-state index contributed by atoms with van der Waals surface area (Å²) in [4.78, 5) is 0. The van der Waals surface area contributed by atoms with Crippen molar-refractivity contribution in [3.8, 4) is 0 Å². The summed E-state index contributed by atoms with van der Waals surface area (Å²) >= 11 is 2.05. The van der Waals surface area contributed by atoms with E-state index in [4.69, 9.17) is 0 Å². The van der Waals surface area contributed by atoms with Crippen LogP contribution in [0.25, 0.3) is 0 Å². The van der Waals surface area contributed by atoms with E-state index < -0.39 is 0 Å². The molecule has 0 aromatic rings. The third-order valence-corrected chi connectivity index (χ3v) is 5.48. The van der Waals surface area contributed by atoms with Crippen LogP contribution in [0.4, 0.5) is 0 Å². The van der Waals surface area contributed by atoms with E-state index in [1.54, 1.807) is 0 Å². The average Bonchev–Trinajstić information content (AvgIpc) is 2.11. The second kappa shape index (κ2) is 3.82. The molecule has 0 saturated carbocycles. The third-order valence-electron chi connectivity index (χ3n) is 3.74. The van der Waals surface area contributed by atoms with Crippen molar-refractivity contribution < 1.29 is 0 Å². The molecule has 0 radical (unpaired) electrons. The van der Waals surface area contributed by atoms with E-state index in [0.29, 0.717) is 10.2 Å². The second-order valence-electron chi connectivity index (χ2n) is 5.01. The van der Waals surface area contributed by atoms with Gasteiger partial charge < -0.3 is 0 Å². The minimum Gasteiger partial charge on any atom is -0.253 e. The third kappa shape index (κ3) is 2.21. The van der Waals surface area contributed by atoms with Crippen molar-refractivity contribution in [2.75, 3.05) is 13.6 Å². The average molecular weight is 201 g/mol. The van der Waals surface area contributed by atoms with Crippen LogP contribution in [0.15, 0.2) is 0 Å². The fourth-order valence-electron chi connectivity index (χ4n) is 2.06. The Labute approximate surface area is 87.4 Å². The van der Waals surface area contributed by atoms with Gasteiger partial charge in [0.2, 0.25) is 0 Å². The van der Waals surface area contributed by atoms with Gasteiger partial charge in [-0.15, -0.1) is 0 Å². The van der Waals surface area contributed by atoms with Crippen molar-refractivity contribution in [1.29, 1.82) is 0 Å². The van der Waals surface area contributed by atoms with Crippen LogP contribution in [0.5, 0.6) is 0 Å². The quantitative estimate of drug-likeness (QED) is 0.597. The molecule has 1 aliphatic rings. The molecule has 78 valence electrons. The lowest BCUT2D eigenvalue weighted by molar-refractivity contribution is 0.240. The fourth-order valence-corrected chi connectivity index (χ4v) is 3.45. The number of hydrogen-bond acceptors (Lipinski definition) is 2. The molecule has 1 nitrogen and oxygen atoms in total. The Morgan fingerprint density at radius 2 is 1.92 bits per heavy atom. The van der Waals surface area contributed by atoms with Crippen molar-refractivity contribution in [3.63, 3.8) is 0 Å². The monoisotopic (exact) mass is 201 g/mol. The molecule has 0 aromatic carbocycles. The van der Waals surface area contributed by atoms with Crippen LogP contribution >= 0.6 is 11.9 Å². The zero-order chi connectivity index (χ0) is 10.1. The summed E-state index contributed by atoms with van der Waals surface area (Å²) in [7, 11) is 2.22. The molecule has 1 aliphatic heterocycles. The van der Waals surface area contributed by atoms with E-state index in [-0.39, 0.29) is 0 Å². The van der Waals surface area contributed by atoms with Gasteiger partial charge in [0.25, 0.3) is 0 Å². The zero-order valence-electron chi connectivity index (χ0n) is 9.68. The standard InChI is InChI=1S/C11H23NS/c1-6-11(4)10(2,3)8-7-9-12(5)13-11/h6-9H2,1-5H3. The van der Waals surface area contributed by atoms with Crippen LogP contribution in [0, 0.1) is 5.41 Å². The van der Waals surface area contributed by atoms with Gasteiger partial charge in [-0.3, -0.25) is 4.31 Å². The molecule has 0 N–H and O–H groups in total. The highest BCUT2D eigenvalue weighted by Crippen LogP contribution is 2.50. The highest BCUT2D eigenvalue weighted by atomic mass is 32.2. The molecule has 2 heteroatoms. The highest BCUT2D eigenvalue weighted by molar-refractivity contribution is 7.98. The van der Waals surface area contributed by atoms with E-state index in [2.05, 4.69) is 39.0 Å². The molecule has 13 heavy (non-hydrogen) atoms. The van der Waals surface area contributed by atoms with Crippen molar-refractivity contribution in [3.05, 3.63) is 0 Å². The first-order chi connectivity index (χ1) is 5.91. The summed E-state index contributed by atoms with van der Waals surface area (Å²) in [5.74, 6) is 0. The summed E-state index contributed by atoms with van der Waals surface area (Å²) in [6.07, 6.45) is 3.95. The molecule has 1 unspecified atom stereocenters. The lowest BCUT2D eigenvalue weighted by atomic mass is 9.74. The SMILES string of the molecule is CCC1(C)SN(C)CCCC1(C)C. The summed E-state index contributed by atoms with van der Waals surface area (Å²) in [6, 6.07) is 0. The molecule has 0 amide bonds. The van der Waals surface area contributed by atoms with Crippen LogP contribution < -0.4 is 0 Å². The molecule has 0 bridgehead atoms. The van der Waals surface area contributed by atoms with Crippen LogP contribution in [0.1, 0.15) is 47.0 Å². The van der Waals surface area contributed by atoms with Gasteiger partial charge in [-0.1, -0.05) is 32.7 Å². The van der Waals surface area contributed by atoms with Gasteiger partial charge in [0.1, 0.15) is 0 Å². The predicted octanol–water partition coefficient (Wildman–Crippen LogP) is 3.56. The first-order valence-electron chi connectivity index (χ1n) is 5.31. The van der Waals surface area contributed by atoms with Crippen molar-refractivity contribution in [2.45, 2.75) is 51.7 Å². The lowest BCUT2D eigenvalue weighted by Gasteiger charge is -2.42. The molecule has 1 atom stereocenters. The maximum Gasteiger partial charge on any atom is 0.0327 e. The molecular formula is C11H23NS. The van der Waals surface area contributed by atoms with Gasteiger partial charge in [-0.2, -0.15) is 0 Å². The van der Waals surface area contributed by atoms with Crippen LogP contribution in [-0.4, -0.2) is 22.6 Å². The van der Waals surface area contributed by atoms with Gasteiger partial charge >= 0.3 is 0 Å². The summed E-state index contributed by atoms with van der Waals surface area (Å²) in [5.41, 5.74) is 0.469. The maximum absolute atomic E-state index is 2.42. The van der Waals surface area contributed by atoms with Crippen molar-refractivity contribution in [2.24, 2.45) is 5.41 Å². The molecule has 1 heterocycles. The predicted molar refractivity (Wildman–Crippen MR) is 61.9 cm³/mol. The molecule has 0 aromatic heterocycles. The van der Waals surface area contributed by atoms with E-state index in [0.717, 1.165) is 0 Å². The van der Waals surface area contributed by atoms with Crippen LogP contribution in [-0.2, 0) is 0 Å². The molecule has 0 aliphatic carbocycles. The van der Waals surface area contributed by atoms with Gasteiger partial charge in [0.05, 0.1) is 0 Å². The normalized spacial score (nSPS) is 35.8.